The summed E-state index contributed by atoms with van der Waals surface area (Å²) < 4.78 is 0. The van der Waals surface area contributed by atoms with E-state index in [1.54, 1.807) is 12.1 Å². The van der Waals surface area contributed by atoms with E-state index in [1.165, 1.54) is 11.1 Å². The number of aromatic carboxylic acids is 1. The van der Waals surface area contributed by atoms with Crippen LogP contribution in [0.5, 0.6) is 0 Å². The fraction of sp³-hybridized carbons (Fsp3) is 0.235. The van der Waals surface area contributed by atoms with Crippen LogP contribution in [0.1, 0.15) is 33.0 Å². The Kier molecular flexibility index (Phi) is 3.52. The first-order valence-electron chi connectivity index (χ1n) is 6.85. The monoisotopic (exact) mass is 267 g/mol. The van der Waals surface area contributed by atoms with Gasteiger partial charge in [0.2, 0.25) is 0 Å². The van der Waals surface area contributed by atoms with Crippen molar-refractivity contribution < 1.29 is 9.90 Å². The van der Waals surface area contributed by atoms with Crippen LogP contribution in [0.15, 0.2) is 48.5 Å². The summed E-state index contributed by atoms with van der Waals surface area (Å²) >= 11 is 0. The quantitative estimate of drug-likeness (QED) is 0.875. The average molecular weight is 267 g/mol. The topological polar surface area (TPSA) is 49.3 Å². The van der Waals surface area contributed by atoms with Crippen LogP contribution in [0.4, 0.5) is 0 Å². The Balaban J connectivity index is 1.58. The van der Waals surface area contributed by atoms with Crippen molar-refractivity contribution in [2.45, 2.75) is 18.9 Å². The molecule has 1 aliphatic rings. The summed E-state index contributed by atoms with van der Waals surface area (Å²) in [6.07, 6.45) is 1.11. The predicted octanol–water partition coefficient (Wildman–Crippen LogP) is 2.81. The molecule has 1 aliphatic carbocycles. The molecule has 0 amide bonds. The van der Waals surface area contributed by atoms with Crippen LogP contribution in [0.2, 0.25) is 0 Å². The van der Waals surface area contributed by atoms with Gasteiger partial charge in [0.05, 0.1) is 5.56 Å². The number of fused-ring (bicyclic) bond motifs is 1. The standard InChI is InChI=1S/C17H17NO2/c19-17(20)16-8-4-2-6-13(16)10-18-11-14-9-12-5-1-3-7-15(12)14/h1-8,14,18H,9-11H2,(H,19,20). The van der Waals surface area contributed by atoms with Crippen molar-refractivity contribution in [2.24, 2.45) is 0 Å². The molecule has 0 saturated carbocycles. The van der Waals surface area contributed by atoms with E-state index in [9.17, 15) is 4.79 Å². The fourth-order valence-electron chi connectivity index (χ4n) is 2.81. The Morgan fingerprint density at radius 3 is 2.70 bits per heavy atom. The summed E-state index contributed by atoms with van der Waals surface area (Å²) in [5, 5.41) is 12.5. The van der Waals surface area contributed by atoms with Crippen molar-refractivity contribution in [3.8, 4) is 0 Å². The summed E-state index contributed by atoms with van der Waals surface area (Å²) in [7, 11) is 0. The Labute approximate surface area is 118 Å². The zero-order valence-corrected chi connectivity index (χ0v) is 11.2. The van der Waals surface area contributed by atoms with E-state index < -0.39 is 5.97 Å². The van der Waals surface area contributed by atoms with E-state index in [0.29, 0.717) is 18.0 Å². The zero-order chi connectivity index (χ0) is 13.9. The van der Waals surface area contributed by atoms with Crippen LogP contribution in [-0.4, -0.2) is 17.6 Å². The Morgan fingerprint density at radius 2 is 1.90 bits per heavy atom. The molecule has 3 heteroatoms. The third-order valence-corrected chi connectivity index (χ3v) is 3.92. The first-order chi connectivity index (χ1) is 9.75. The lowest BCUT2D eigenvalue weighted by atomic mass is 9.77. The molecule has 3 rings (SSSR count). The Bertz CT molecular complexity index is 636. The minimum atomic E-state index is -0.864. The van der Waals surface area contributed by atoms with Crippen molar-refractivity contribution in [1.82, 2.24) is 5.32 Å². The van der Waals surface area contributed by atoms with Crippen LogP contribution in [0, 0.1) is 0 Å². The molecule has 0 spiro atoms. The van der Waals surface area contributed by atoms with Gasteiger partial charge in [0, 0.05) is 19.0 Å². The maximum atomic E-state index is 11.1. The number of rotatable bonds is 5. The van der Waals surface area contributed by atoms with E-state index in [4.69, 9.17) is 5.11 Å². The molecule has 1 unspecified atom stereocenters. The minimum absolute atomic E-state index is 0.383. The molecule has 0 radical (unpaired) electrons. The van der Waals surface area contributed by atoms with Gasteiger partial charge in [-0.1, -0.05) is 42.5 Å². The normalized spacial score (nSPS) is 16.3. The summed E-state index contributed by atoms with van der Waals surface area (Å²) in [5.74, 6) is -0.306. The van der Waals surface area contributed by atoms with Gasteiger partial charge in [0.25, 0.3) is 0 Å². The summed E-state index contributed by atoms with van der Waals surface area (Å²) in [4.78, 5) is 11.1. The van der Waals surface area contributed by atoms with Crippen molar-refractivity contribution in [1.29, 1.82) is 0 Å². The maximum absolute atomic E-state index is 11.1. The molecule has 1 atom stereocenters. The smallest absolute Gasteiger partial charge is 0.336 e. The molecule has 0 heterocycles. The third kappa shape index (κ3) is 2.45. The van der Waals surface area contributed by atoms with Gasteiger partial charge in [0.1, 0.15) is 0 Å². The molecule has 0 saturated heterocycles. The number of hydrogen-bond donors (Lipinski definition) is 2. The van der Waals surface area contributed by atoms with Crippen molar-refractivity contribution >= 4 is 5.97 Å². The van der Waals surface area contributed by atoms with Crippen LogP contribution in [0.3, 0.4) is 0 Å². The highest BCUT2D eigenvalue weighted by Gasteiger charge is 2.24. The Hall–Kier alpha value is -2.13. The lowest BCUT2D eigenvalue weighted by Gasteiger charge is -2.30. The molecule has 0 aliphatic heterocycles. The molecule has 3 nitrogen and oxygen atoms in total. The van der Waals surface area contributed by atoms with Gasteiger partial charge < -0.3 is 10.4 Å². The molecule has 2 aromatic carbocycles. The van der Waals surface area contributed by atoms with Crippen LogP contribution >= 0.6 is 0 Å². The van der Waals surface area contributed by atoms with Gasteiger partial charge >= 0.3 is 5.97 Å². The SMILES string of the molecule is O=C(O)c1ccccc1CNCC1Cc2ccccc21. The number of carboxylic acid groups (broad SMARTS) is 1. The van der Waals surface area contributed by atoms with Crippen molar-refractivity contribution in [3.63, 3.8) is 0 Å². The fourth-order valence-corrected chi connectivity index (χ4v) is 2.81. The van der Waals surface area contributed by atoms with E-state index in [2.05, 4.69) is 29.6 Å². The predicted molar refractivity (Wildman–Crippen MR) is 78.0 cm³/mol. The van der Waals surface area contributed by atoms with Gasteiger partial charge in [-0.05, 0) is 29.2 Å². The average Bonchev–Trinajstić information content (AvgIpc) is 2.44. The van der Waals surface area contributed by atoms with Crippen molar-refractivity contribution in [3.05, 3.63) is 70.8 Å². The number of nitrogens with one attached hydrogen (secondary N) is 1. The van der Waals surface area contributed by atoms with E-state index in [1.807, 2.05) is 12.1 Å². The highest BCUT2D eigenvalue weighted by Crippen LogP contribution is 2.34. The number of benzene rings is 2. The molecule has 0 aromatic heterocycles. The first kappa shape index (κ1) is 12.9. The largest absolute Gasteiger partial charge is 0.478 e. The van der Waals surface area contributed by atoms with Crippen LogP contribution < -0.4 is 5.32 Å². The van der Waals surface area contributed by atoms with Gasteiger partial charge in [-0.25, -0.2) is 4.79 Å². The number of hydrogen-bond acceptors (Lipinski definition) is 2. The molecule has 0 fully saturated rings. The van der Waals surface area contributed by atoms with E-state index in [0.717, 1.165) is 18.5 Å². The lowest BCUT2D eigenvalue weighted by Crippen LogP contribution is -2.29. The highest BCUT2D eigenvalue weighted by molar-refractivity contribution is 5.89. The second-order valence-electron chi connectivity index (χ2n) is 5.19. The van der Waals surface area contributed by atoms with Crippen molar-refractivity contribution in [2.75, 3.05) is 6.54 Å². The van der Waals surface area contributed by atoms with E-state index in [-0.39, 0.29) is 0 Å². The summed E-state index contributed by atoms with van der Waals surface area (Å²) in [6.45, 7) is 1.49. The lowest BCUT2D eigenvalue weighted by molar-refractivity contribution is 0.0695. The minimum Gasteiger partial charge on any atom is -0.478 e. The van der Waals surface area contributed by atoms with Gasteiger partial charge in [-0.2, -0.15) is 0 Å². The second-order valence-corrected chi connectivity index (χ2v) is 5.19. The van der Waals surface area contributed by atoms with E-state index >= 15 is 0 Å². The molecule has 102 valence electrons. The molecule has 0 bridgehead atoms. The second kappa shape index (κ2) is 5.47. The first-order valence-corrected chi connectivity index (χ1v) is 6.85. The number of carbonyl (C=O) groups is 1. The van der Waals surface area contributed by atoms with Gasteiger partial charge in [-0.3, -0.25) is 0 Å². The molecular weight excluding hydrogens is 250 g/mol. The maximum Gasteiger partial charge on any atom is 0.336 e. The Morgan fingerprint density at radius 1 is 1.15 bits per heavy atom. The highest BCUT2D eigenvalue weighted by atomic mass is 16.4. The van der Waals surface area contributed by atoms with Gasteiger partial charge in [0.15, 0.2) is 0 Å². The molecular formula is C17H17NO2. The van der Waals surface area contributed by atoms with Crippen LogP contribution in [-0.2, 0) is 13.0 Å². The number of carboxylic acids is 1. The molecule has 2 N–H and O–H groups in total. The van der Waals surface area contributed by atoms with Gasteiger partial charge in [-0.15, -0.1) is 0 Å². The third-order valence-electron chi connectivity index (χ3n) is 3.92. The van der Waals surface area contributed by atoms with Crippen LogP contribution in [0.25, 0.3) is 0 Å². The summed E-state index contributed by atoms with van der Waals surface area (Å²) in [6, 6.07) is 15.7. The molecule has 2 aromatic rings. The molecule has 20 heavy (non-hydrogen) atoms. The summed E-state index contributed by atoms with van der Waals surface area (Å²) in [5.41, 5.74) is 4.08. The zero-order valence-electron chi connectivity index (χ0n) is 11.2.